The monoisotopic (exact) mass is 375 g/mol. The summed E-state index contributed by atoms with van der Waals surface area (Å²) in [5.41, 5.74) is 4.03. The molecule has 0 radical (unpaired) electrons. The zero-order valence-electron chi connectivity index (χ0n) is 14.7. The Bertz CT molecular complexity index is 1060. The van der Waals surface area contributed by atoms with Gasteiger partial charge in [0.2, 0.25) is 0 Å². The van der Waals surface area contributed by atoms with Gasteiger partial charge in [-0.15, -0.1) is 0 Å². The molecular formula is C21H17N3O2S. The molecule has 1 fully saturated rings. The van der Waals surface area contributed by atoms with Gasteiger partial charge < -0.3 is 4.90 Å². The number of nitrogens with one attached hydrogen (secondary N) is 1. The number of carbonyl (C=O) groups excluding carboxylic acids is 2. The molecule has 2 heterocycles. The van der Waals surface area contributed by atoms with Crippen molar-refractivity contribution in [2.75, 3.05) is 11.9 Å². The number of pyridine rings is 1. The fourth-order valence-corrected chi connectivity index (χ4v) is 3.66. The molecule has 2 aromatic carbocycles. The summed E-state index contributed by atoms with van der Waals surface area (Å²) < 4.78 is 0. The topological polar surface area (TPSA) is 62.3 Å². The summed E-state index contributed by atoms with van der Waals surface area (Å²) in [4.78, 5) is 30.0. The zero-order chi connectivity index (χ0) is 18.8. The number of nitrogens with zero attached hydrogens (tertiary/aromatic N) is 2. The van der Waals surface area contributed by atoms with E-state index < -0.39 is 0 Å². The van der Waals surface area contributed by atoms with Crippen LogP contribution in [0.3, 0.4) is 0 Å². The van der Waals surface area contributed by atoms with E-state index in [1.165, 1.54) is 5.56 Å². The highest BCUT2D eigenvalue weighted by atomic mass is 32.2. The maximum Gasteiger partial charge on any atom is 0.290 e. The maximum absolute atomic E-state index is 11.7. The van der Waals surface area contributed by atoms with Crippen LogP contribution in [0.5, 0.6) is 0 Å². The van der Waals surface area contributed by atoms with Gasteiger partial charge in [0.1, 0.15) is 0 Å². The lowest BCUT2D eigenvalue weighted by molar-refractivity contribution is -0.115. The molecule has 1 N–H and O–H groups in total. The van der Waals surface area contributed by atoms with Crippen LogP contribution in [0.15, 0.2) is 65.7 Å². The van der Waals surface area contributed by atoms with Crippen molar-refractivity contribution < 1.29 is 9.59 Å². The molecule has 1 aromatic heterocycles. The fourth-order valence-electron chi connectivity index (χ4n) is 2.98. The van der Waals surface area contributed by atoms with E-state index in [1.807, 2.05) is 30.3 Å². The first-order chi connectivity index (χ1) is 13.1. The van der Waals surface area contributed by atoms with Crippen LogP contribution in [0.2, 0.25) is 0 Å². The molecule has 0 atom stereocenters. The third-order valence-corrected chi connectivity index (χ3v) is 5.14. The smallest absolute Gasteiger partial charge is 0.290 e. The van der Waals surface area contributed by atoms with Crippen LogP contribution in [-0.4, -0.2) is 23.2 Å². The molecule has 134 valence electrons. The second-order valence-corrected chi connectivity index (χ2v) is 7.35. The largest absolute Gasteiger partial charge is 0.370 e. The average molecular weight is 375 g/mol. The van der Waals surface area contributed by atoms with Crippen LogP contribution in [0.25, 0.3) is 17.0 Å². The summed E-state index contributed by atoms with van der Waals surface area (Å²) in [5, 5.41) is 2.91. The zero-order valence-corrected chi connectivity index (χ0v) is 15.5. The standard InChI is InChI=1S/C21H17N3O2S/c1-24(17-5-3-2-4-6-17)13-14-7-8-16-9-15(12-22-18(16)10-14)11-19-20(25)23-21(26)27-19/h2-12H,13H2,1H3,(H,23,25,26). The fraction of sp³-hybridized carbons (Fsp3) is 0.0952. The molecular weight excluding hydrogens is 358 g/mol. The number of hydrogen-bond donors (Lipinski definition) is 1. The minimum absolute atomic E-state index is 0.341. The van der Waals surface area contributed by atoms with Crippen molar-refractivity contribution in [1.82, 2.24) is 10.3 Å². The third-order valence-electron chi connectivity index (χ3n) is 4.33. The van der Waals surface area contributed by atoms with Gasteiger partial charge in [0, 0.05) is 30.9 Å². The molecule has 0 unspecified atom stereocenters. The van der Waals surface area contributed by atoms with Gasteiger partial charge in [-0.1, -0.05) is 30.3 Å². The molecule has 6 heteroatoms. The van der Waals surface area contributed by atoms with E-state index in [4.69, 9.17) is 0 Å². The van der Waals surface area contributed by atoms with Gasteiger partial charge in [-0.25, -0.2) is 0 Å². The molecule has 2 amide bonds. The predicted octanol–water partition coefficient (Wildman–Crippen LogP) is 4.20. The Morgan fingerprint density at radius 1 is 1.11 bits per heavy atom. The third kappa shape index (κ3) is 3.85. The number of benzene rings is 2. The number of thioether (sulfide) groups is 1. The molecule has 1 saturated heterocycles. The van der Waals surface area contributed by atoms with Gasteiger partial charge >= 0.3 is 0 Å². The predicted molar refractivity (Wildman–Crippen MR) is 109 cm³/mol. The lowest BCUT2D eigenvalue weighted by Crippen LogP contribution is -2.17. The normalized spacial score (nSPS) is 15.4. The van der Waals surface area contributed by atoms with Gasteiger partial charge in [0.15, 0.2) is 0 Å². The van der Waals surface area contributed by atoms with Gasteiger partial charge in [0.05, 0.1) is 10.4 Å². The highest BCUT2D eigenvalue weighted by molar-refractivity contribution is 8.18. The van der Waals surface area contributed by atoms with Gasteiger partial charge in [-0.3, -0.25) is 19.9 Å². The van der Waals surface area contributed by atoms with E-state index in [1.54, 1.807) is 12.3 Å². The van der Waals surface area contributed by atoms with Crippen LogP contribution in [0.4, 0.5) is 10.5 Å². The van der Waals surface area contributed by atoms with E-state index in [2.05, 4.69) is 46.5 Å². The first-order valence-corrected chi connectivity index (χ1v) is 9.30. The minimum Gasteiger partial charge on any atom is -0.370 e. The van der Waals surface area contributed by atoms with Crippen molar-refractivity contribution in [3.63, 3.8) is 0 Å². The summed E-state index contributed by atoms with van der Waals surface area (Å²) in [5.74, 6) is -0.357. The molecule has 1 aliphatic heterocycles. The molecule has 4 rings (SSSR count). The van der Waals surface area contributed by atoms with E-state index in [0.717, 1.165) is 40.5 Å². The summed E-state index contributed by atoms with van der Waals surface area (Å²) in [6, 6.07) is 18.4. The highest BCUT2D eigenvalue weighted by Gasteiger charge is 2.24. The number of anilines is 1. The van der Waals surface area contributed by atoms with Crippen molar-refractivity contribution in [2.24, 2.45) is 0 Å². The highest BCUT2D eigenvalue weighted by Crippen LogP contribution is 2.26. The number of aromatic nitrogens is 1. The number of amides is 2. The minimum atomic E-state index is -0.357. The number of hydrogen-bond acceptors (Lipinski definition) is 5. The number of imide groups is 1. The summed E-state index contributed by atoms with van der Waals surface area (Å²) in [7, 11) is 2.06. The number of para-hydroxylation sites is 1. The Morgan fingerprint density at radius 3 is 2.67 bits per heavy atom. The van der Waals surface area contributed by atoms with Gasteiger partial charge in [-0.05, 0) is 53.2 Å². The Morgan fingerprint density at radius 2 is 1.93 bits per heavy atom. The molecule has 3 aromatic rings. The second-order valence-electron chi connectivity index (χ2n) is 6.34. The number of carbonyl (C=O) groups is 2. The molecule has 0 spiro atoms. The van der Waals surface area contributed by atoms with Crippen molar-refractivity contribution in [3.8, 4) is 0 Å². The summed E-state index contributed by atoms with van der Waals surface area (Å²) in [6.07, 6.45) is 3.41. The van der Waals surface area contributed by atoms with E-state index in [-0.39, 0.29) is 11.1 Å². The van der Waals surface area contributed by atoms with Gasteiger partial charge in [-0.2, -0.15) is 0 Å². The van der Waals surface area contributed by atoms with E-state index in [0.29, 0.717) is 4.91 Å². The van der Waals surface area contributed by atoms with Crippen molar-refractivity contribution >= 4 is 45.6 Å². The Labute approximate surface area is 161 Å². The van der Waals surface area contributed by atoms with Crippen molar-refractivity contribution in [3.05, 3.63) is 76.8 Å². The van der Waals surface area contributed by atoms with Crippen LogP contribution < -0.4 is 10.2 Å². The van der Waals surface area contributed by atoms with Crippen LogP contribution >= 0.6 is 11.8 Å². The lowest BCUT2D eigenvalue weighted by Gasteiger charge is -2.19. The van der Waals surface area contributed by atoms with E-state index in [9.17, 15) is 9.59 Å². The number of rotatable bonds is 4. The molecule has 27 heavy (non-hydrogen) atoms. The first kappa shape index (κ1) is 17.3. The van der Waals surface area contributed by atoms with Gasteiger partial charge in [0.25, 0.3) is 11.1 Å². The lowest BCUT2D eigenvalue weighted by atomic mass is 10.1. The Kier molecular flexibility index (Phi) is 4.64. The van der Waals surface area contributed by atoms with Crippen LogP contribution in [-0.2, 0) is 11.3 Å². The molecule has 0 bridgehead atoms. The van der Waals surface area contributed by atoms with Crippen LogP contribution in [0.1, 0.15) is 11.1 Å². The van der Waals surface area contributed by atoms with Crippen LogP contribution in [0, 0.1) is 0 Å². The molecule has 5 nitrogen and oxygen atoms in total. The van der Waals surface area contributed by atoms with Crippen molar-refractivity contribution in [2.45, 2.75) is 6.54 Å². The molecule has 1 aliphatic rings. The average Bonchev–Trinajstić information content (AvgIpc) is 2.99. The van der Waals surface area contributed by atoms with Crippen molar-refractivity contribution in [1.29, 1.82) is 0 Å². The SMILES string of the molecule is CN(Cc1ccc2cc(C=C3SC(=O)NC3=O)cnc2c1)c1ccccc1. The maximum atomic E-state index is 11.7. The Hall–Kier alpha value is -3.12. The second kappa shape index (κ2) is 7.25. The Balaban J connectivity index is 1.56. The summed E-state index contributed by atoms with van der Waals surface area (Å²) in [6.45, 7) is 0.784. The molecule has 0 aliphatic carbocycles. The summed E-state index contributed by atoms with van der Waals surface area (Å²) >= 11 is 0.909. The first-order valence-electron chi connectivity index (χ1n) is 8.48. The number of fused-ring (bicyclic) bond motifs is 1. The molecule has 0 saturated carbocycles. The quantitative estimate of drug-likeness (QED) is 0.693. The van der Waals surface area contributed by atoms with E-state index >= 15 is 0 Å².